The number of para-hydroxylation sites is 1. The first-order valence-corrected chi connectivity index (χ1v) is 6.98. The minimum Gasteiger partial charge on any atom is -0.398 e. The molecule has 6 nitrogen and oxygen atoms in total. The van der Waals surface area contributed by atoms with Crippen LogP contribution in [-0.4, -0.2) is 26.6 Å². The third kappa shape index (κ3) is 4.38. The van der Waals surface area contributed by atoms with E-state index in [-0.39, 0.29) is 12.1 Å². The van der Waals surface area contributed by atoms with Crippen LogP contribution in [0, 0.1) is 0 Å². The van der Waals surface area contributed by atoms with E-state index in [0.717, 1.165) is 18.2 Å². The number of amides is 1. The monoisotopic (exact) mass is 311 g/mol. The summed E-state index contributed by atoms with van der Waals surface area (Å²) in [6.07, 6.45) is -4.68. The number of nitrogen functional groups attached to an aromatic ring is 1. The molecule has 20 heavy (non-hydrogen) atoms. The summed E-state index contributed by atoms with van der Waals surface area (Å²) < 4.78 is 59.1. The smallest absolute Gasteiger partial charge is 0.398 e. The lowest BCUT2D eigenvalue weighted by Crippen LogP contribution is -2.32. The van der Waals surface area contributed by atoms with E-state index in [0.29, 0.717) is 0 Å². The Morgan fingerprint density at radius 2 is 1.90 bits per heavy atom. The Morgan fingerprint density at radius 3 is 2.40 bits per heavy atom. The molecule has 0 fully saturated rings. The van der Waals surface area contributed by atoms with Crippen LogP contribution in [0.5, 0.6) is 0 Å². The molecule has 0 saturated carbocycles. The van der Waals surface area contributed by atoms with Crippen LogP contribution in [0.2, 0.25) is 0 Å². The third-order valence-electron chi connectivity index (χ3n) is 2.33. The van der Waals surface area contributed by atoms with Crippen LogP contribution >= 0.6 is 0 Å². The lowest BCUT2D eigenvalue weighted by Gasteiger charge is -2.13. The molecular formula is C10H12F3N3O3S. The maximum Gasteiger partial charge on any atom is 0.418 e. The molecule has 0 aromatic heterocycles. The molecule has 0 heterocycles. The van der Waals surface area contributed by atoms with Crippen molar-refractivity contribution in [1.82, 2.24) is 5.32 Å². The summed E-state index contributed by atoms with van der Waals surface area (Å²) in [7, 11) is -3.77. The van der Waals surface area contributed by atoms with Gasteiger partial charge in [-0.3, -0.25) is 4.79 Å². The van der Waals surface area contributed by atoms with Crippen molar-refractivity contribution >= 4 is 21.6 Å². The van der Waals surface area contributed by atoms with E-state index in [9.17, 15) is 26.4 Å². The van der Waals surface area contributed by atoms with Crippen molar-refractivity contribution in [2.24, 2.45) is 5.14 Å². The zero-order valence-electron chi connectivity index (χ0n) is 10.1. The molecule has 0 bridgehead atoms. The Bertz CT molecular complexity index is 614. The highest BCUT2D eigenvalue weighted by Crippen LogP contribution is 2.34. The number of carbonyl (C=O) groups excluding carboxylic acids is 1. The molecule has 1 aromatic rings. The highest BCUT2D eigenvalue weighted by atomic mass is 32.2. The highest BCUT2D eigenvalue weighted by molar-refractivity contribution is 7.89. The van der Waals surface area contributed by atoms with E-state index in [1.54, 1.807) is 0 Å². The van der Waals surface area contributed by atoms with Crippen molar-refractivity contribution in [3.8, 4) is 0 Å². The predicted molar refractivity (Wildman–Crippen MR) is 66.2 cm³/mol. The number of anilines is 1. The molecule has 0 aliphatic rings. The molecule has 1 rings (SSSR count). The van der Waals surface area contributed by atoms with Crippen molar-refractivity contribution in [3.63, 3.8) is 0 Å². The third-order valence-corrected chi connectivity index (χ3v) is 3.10. The Morgan fingerprint density at radius 1 is 1.30 bits per heavy atom. The summed E-state index contributed by atoms with van der Waals surface area (Å²) in [4.78, 5) is 11.6. The van der Waals surface area contributed by atoms with E-state index in [1.807, 2.05) is 0 Å². The quantitative estimate of drug-likeness (QED) is 0.694. The van der Waals surface area contributed by atoms with Gasteiger partial charge < -0.3 is 11.1 Å². The number of halogens is 3. The number of carbonyl (C=O) groups is 1. The summed E-state index contributed by atoms with van der Waals surface area (Å²) >= 11 is 0. The van der Waals surface area contributed by atoms with Crippen molar-refractivity contribution in [1.29, 1.82) is 0 Å². The Kier molecular flexibility index (Phi) is 4.61. The molecule has 10 heteroatoms. The fourth-order valence-electron chi connectivity index (χ4n) is 1.41. The number of hydrogen-bond acceptors (Lipinski definition) is 4. The van der Waals surface area contributed by atoms with Gasteiger partial charge in [0.25, 0.3) is 5.91 Å². The molecule has 1 amide bonds. The lowest BCUT2D eigenvalue weighted by atomic mass is 10.1. The molecule has 0 atom stereocenters. The Labute approximate surface area is 113 Å². The first-order chi connectivity index (χ1) is 9.02. The number of benzene rings is 1. The predicted octanol–water partition coefficient (Wildman–Crippen LogP) is 0.306. The molecule has 0 saturated heterocycles. The van der Waals surface area contributed by atoms with E-state index in [1.165, 1.54) is 0 Å². The van der Waals surface area contributed by atoms with Gasteiger partial charge in [0.1, 0.15) is 0 Å². The zero-order valence-corrected chi connectivity index (χ0v) is 10.9. The maximum atomic E-state index is 12.6. The summed E-state index contributed by atoms with van der Waals surface area (Å²) in [6.45, 7) is -0.326. The van der Waals surface area contributed by atoms with Crippen LogP contribution in [0.15, 0.2) is 18.2 Å². The van der Waals surface area contributed by atoms with Gasteiger partial charge >= 0.3 is 6.18 Å². The molecule has 1 aromatic carbocycles. The molecule has 0 aliphatic heterocycles. The van der Waals surface area contributed by atoms with Gasteiger partial charge in [0, 0.05) is 6.54 Å². The number of sulfonamides is 1. The zero-order chi connectivity index (χ0) is 15.6. The molecule has 112 valence electrons. The van der Waals surface area contributed by atoms with E-state index >= 15 is 0 Å². The summed E-state index contributed by atoms with van der Waals surface area (Å²) in [6, 6.07) is 2.89. The largest absolute Gasteiger partial charge is 0.418 e. The second-order valence-corrected chi connectivity index (χ2v) is 5.62. The van der Waals surface area contributed by atoms with Crippen molar-refractivity contribution in [2.75, 3.05) is 18.0 Å². The van der Waals surface area contributed by atoms with Gasteiger partial charge in [-0.2, -0.15) is 13.2 Å². The number of nitrogens with two attached hydrogens (primary N) is 2. The summed E-state index contributed by atoms with van der Waals surface area (Å²) in [5.74, 6) is -1.44. The van der Waals surface area contributed by atoms with Crippen LogP contribution in [0.25, 0.3) is 0 Å². The van der Waals surface area contributed by atoms with Gasteiger partial charge in [-0.1, -0.05) is 6.07 Å². The number of nitrogens with one attached hydrogen (secondary N) is 1. The number of rotatable bonds is 4. The number of alkyl halides is 3. The molecule has 0 radical (unpaired) electrons. The summed E-state index contributed by atoms with van der Waals surface area (Å²) in [5.41, 5.74) is 3.08. The minimum atomic E-state index is -4.68. The van der Waals surface area contributed by atoms with Crippen molar-refractivity contribution in [3.05, 3.63) is 29.3 Å². The van der Waals surface area contributed by atoms with Crippen LogP contribution < -0.4 is 16.2 Å². The Hall–Kier alpha value is -1.81. The molecule has 0 unspecified atom stereocenters. The van der Waals surface area contributed by atoms with Gasteiger partial charge in [0.05, 0.1) is 22.6 Å². The average Bonchev–Trinajstić information content (AvgIpc) is 2.25. The normalized spacial score (nSPS) is 12.2. The Balaban J connectivity index is 2.90. The standard InChI is InChI=1S/C10H12F3N3O3S/c11-10(12,13)7-3-1-2-6(8(7)14)9(17)16-4-5-20(15,18)19/h1-3H,4-5,14H2,(H,16,17)(H2,15,18,19). The number of hydrogen-bond donors (Lipinski definition) is 3. The van der Waals surface area contributed by atoms with Gasteiger partial charge in [-0.25, -0.2) is 13.6 Å². The van der Waals surface area contributed by atoms with E-state index < -0.39 is 39.1 Å². The SMILES string of the molecule is Nc1c(C(=O)NCCS(N)(=O)=O)cccc1C(F)(F)F. The van der Waals surface area contributed by atoms with Gasteiger partial charge in [0.15, 0.2) is 0 Å². The average molecular weight is 311 g/mol. The van der Waals surface area contributed by atoms with E-state index in [2.05, 4.69) is 5.32 Å². The minimum absolute atomic E-state index is 0.326. The maximum absolute atomic E-state index is 12.6. The van der Waals surface area contributed by atoms with Crippen molar-refractivity contribution < 1.29 is 26.4 Å². The van der Waals surface area contributed by atoms with Gasteiger partial charge in [-0.05, 0) is 12.1 Å². The van der Waals surface area contributed by atoms with Crippen LogP contribution in [0.3, 0.4) is 0 Å². The fraction of sp³-hybridized carbons (Fsp3) is 0.300. The number of primary sulfonamides is 1. The van der Waals surface area contributed by atoms with E-state index in [4.69, 9.17) is 10.9 Å². The van der Waals surface area contributed by atoms with Gasteiger partial charge in [-0.15, -0.1) is 0 Å². The fourth-order valence-corrected chi connectivity index (χ4v) is 1.80. The second kappa shape index (κ2) is 5.67. The lowest BCUT2D eigenvalue weighted by molar-refractivity contribution is -0.136. The summed E-state index contributed by atoms with van der Waals surface area (Å²) in [5, 5.41) is 6.85. The van der Waals surface area contributed by atoms with Crippen LogP contribution in [0.4, 0.5) is 18.9 Å². The molecular weight excluding hydrogens is 299 g/mol. The highest BCUT2D eigenvalue weighted by Gasteiger charge is 2.34. The molecule has 5 N–H and O–H groups in total. The van der Waals surface area contributed by atoms with Crippen molar-refractivity contribution in [2.45, 2.75) is 6.18 Å². The topological polar surface area (TPSA) is 115 Å². The molecule has 0 spiro atoms. The molecule has 0 aliphatic carbocycles. The van der Waals surface area contributed by atoms with Crippen LogP contribution in [0.1, 0.15) is 15.9 Å². The van der Waals surface area contributed by atoms with Crippen LogP contribution in [-0.2, 0) is 16.2 Å². The van der Waals surface area contributed by atoms with Gasteiger partial charge in [0.2, 0.25) is 10.0 Å². The second-order valence-electron chi connectivity index (χ2n) is 3.89. The first-order valence-electron chi connectivity index (χ1n) is 5.27. The first kappa shape index (κ1) is 16.2.